The van der Waals surface area contributed by atoms with Gasteiger partial charge >= 0.3 is 0 Å². The topological polar surface area (TPSA) is 72.8 Å². The number of carbonyl (C=O) groups excluding carboxylic acids is 2. The molecule has 7 heteroatoms. The second-order valence-corrected chi connectivity index (χ2v) is 8.72. The molecule has 0 saturated heterocycles. The maximum atomic E-state index is 13.5. The first kappa shape index (κ1) is 20.0. The number of rotatable bonds is 4. The predicted octanol–water partition coefficient (Wildman–Crippen LogP) is 3.53. The molecule has 1 saturated carbocycles. The normalized spacial score (nSPS) is 21.4. The van der Waals surface area contributed by atoms with E-state index in [2.05, 4.69) is 5.32 Å². The van der Waals surface area contributed by atoms with Crippen LogP contribution in [-0.4, -0.2) is 34.1 Å². The molecule has 0 spiro atoms. The molecule has 1 atom stereocenters. The first-order valence-electron chi connectivity index (χ1n) is 11.3. The molecule has 0 unspecified atom stereocenters. The summed E-state index contributed by atoms with van der Waals surface area (Å²) < 4.78 is 12.8. The van der Waals surface area contributed by atoms with E-state index in [1.54, 1.807) is 4.90 Å². The summed E-state index contributed by atoms with van der Waals surface area (Å²) in [6.07, 6.45) is 9.93. The summed E-state index contributed by atoms with van der Waals surface area (Å²) >= 11 is 0. The molecule has 0 radical (unpaired) electrons. The molecule has 1 fully saturated rings. The molecule has 31 heavy (non-hydrogen) atoms. The van der Waals surface area contributed by atoms with Crippen LogP contribution in [0.1, 0.15) is 62.2 Å². The SMILES string of the molecule is O=C(NC1CCCCCCC1)[C@H]1c2cccn2CC(=O)N1Cc1ccc2c(c1)OCO2. The summed E-state index contributed by atoms with van der Waals surface area (Å²) in [5.41, 5.74) is 1.78. The number of hydrogen-bond acceptors (Lipinski definition) is 4. The highest BCUT2D eigenvalue weighted by molar-refractivity contribution is 5.90. The van der Waals surface area contributed by atoms with Crippen molar-refractivity contribution in [2.24, 2.45) is 0 Å². The fraction of sp³-hybridized carbons (Fsp3) is 0.500. The van der Waals surface area contributed by atoms with Gasteiger partial charge in [-0.3, -0.25) is 9.59 Å². The number of amides is 2. The number of carbonyl (C=O) groups is 2. The Morgan fingerprint density at radius 3 is 2.65 bits per heavy atom. The highest BCUT2D eigenvalue weighted by atomic mass is 16.7. The van der Waals surface area contributed by atoms with E-state index in [0.717, 1.165) is 36.9 Å². The quantitative estimate of drug-likeness (QED) is 0.817. The summed E-state index contributed by atoms with van der Waals surface area (Å²) in [6.45, 7) is 0.810. The molecule has 5 rings (SSSR count). The fourth-order valence-electron chi connectivity index (χ4n) is 4.93. The van der Waals surface area contributed by atoms with Gasteiger partial charge in [-0.2, -0.15) is 0 Å². The number of aromatic nitrogens is 1. The minimum absolute atomic E-state index is 0.0563. The molecule has 2 aliphatic heterocycles. The van der Waals surface area contributed by atoms with Crippen LogP contribution in [-0.2, 0) is 22.7 Å². The van der Waals surface area contributed by atoms with Gasteiger partial charge in [0, 0.05) is 18.8 Å². The lowest BCUT2D eigenvalue weighted by atomic mass is 9.96. The standard InChI is InChI=1S/C24H29N3O4/c28-22-15-26-12-6-9-19(26)23(24(29)25-18-7-4-2-1-3-5-8-18)27(22)14-17-10-11-20-21(13-17)31-16-30-20/h6,9-13,18,23H,1-5,7-8,14-16H2,(H,25,29)/t23-/m1/s1. The largest absolute Gasteiger partial charge is 0.454 e. The van der Waals surface area contributed by atoms with E-state index in [-0.39, 0.29) is 31.2 Å². The monoisotopic (exact) mass is 423 g/mol. The zero-order chi connectivity index (χ0) is 21.2. The first-order chi connectivity index (χ1) is 15.2. The molecule has 3 aliphatic rings. The van der Waals surface area contributed by atoms with Crippen LogP contribution in [0.3, 0.4) is 0 Å². The number of fused-ring (bicyclic) bond motifs is 2. The molecular formula is C24H29N3O4. The first-order valence-corrected chi connectivity index (χ1v) is 11.3. The van der Waals surface area contributed by atoms with Crippen LogP contribution in [0.2, 0.25) is 0 Å². The molecule has 1 N–H and O–H groups in total. The molecule has 0 bridgehead atoms. The molecule has 1 aromatic carbocycles. The van der Waals surface area contributed by atoms with Crippen molar-refractivity contribution in [1.29, 1.82) is 0 Å². The van der Waals surface area contributed by atoms with Crippen molar-refractivity contribution in [3.8, 4) is 11.5 Å². The highest BCUT2D eigenvalue weighted by Gasteiger charge is 2.38. The maximum Gasteiger partial charge on any atom is 0.249 e. The molecule has 7 nitrogen and oxygen atoms in total. The van der Waals surface area contributed by atoms with E-state index in [0.29, 0.717) is 18.0 Å². The van der Waals surface area contributed by atoms with Crippen molar-refractivity contribution in [3.05, 3.63) is 47.8 Å². The number of hydrogen-bond donors (Lipinski definition) is 1. The predicted molar refractivity (Wildman–Crippen MR) is 115 cm³/mol. The minimum Gasteiger partial charge on any atom is -0.454 e. The number of nitrogens with one attached hydrogen (secondary N) is 1. The van der Waals surface area contributed by atoms with E-state index >= 15 is 0 Å². The van der Waals surface area contributed by atoms with Gasteiger partial charge in [0.1, 0.15) is 6.54 Å². The second kappa shape index (κ2) is 8.65. The van der Waals surface area contributed by atoms with E-state index < -0.39 is 6.04 Å². The smallest absolute Gasteiger partial charge is 0.249 e. The maximum absolute atomic E-state index is 13.5. The molecule has 1 aliphatic carbocycles. The van der Waals surface area contributed by atoms with Crippen LogP contribution in [0.15, 0.2) is 36.5 Å². The second-order valence-electron chi connectivity index (χ2n) is 8.72. The zero-order valence-corrected chi connectivity index (χ0v) is 17.7. The van der Waals surface area contributed by atoms with Crippen LogP contribution in [0.25, 0.3) is 0 Å². The van der Waals surface area contributed by atoms with E-state index in [9.17, 15) is 9.59 Å². The Bertz CT molecular complexity index is 961. The summed E-state index contributed by atoms with van der Waals surface area (Å²) in [4.78, 5) is 28.3. The van der Waals surface area contributed by atoms with Gasteiger partial charge in [0.15, 0.2) is 17.5 Å². The average molecular weight is 424 g/mol. The van der Waals surface area contributed by atoms with Crippen molar-refractivity contribution >= 4 is 11.8 Å². The minimum atomic E-state index is -0.632. The number of nitrogens with zero attached hydrogens (tertiary/aromatic N) is 2. The van der Waals surface area contributed by atoms with Gasteiger partial charge in [0.05, 0.1) is 5.69 Å². The van der Waals surface area contributed by atoms with E-state index in [1.165, 1.54) is 19.3 Å². The van der Waals surface area contributed by atoms with Gasteiger partial charge in [-0.05, 0) is 42.7 Å². The third-order valence-corrected chi connectivity index (χ3v) is 6.57. The van der Waals surface area contributed by atoms with Gasteiger partial charge in [-0.25, -0.2) is 0 Å². The van der Waals surface area contributed by atoms with Gasteiger partial charge in [-0.1, -0.05) is 38.2 Å². The molecule has 3 heterocycles. The lowest BCUT2D eigenvalue weighted by Crippen LogP contribution is -2.50. The van der Waals surface area contributed by atoms with Crippen molar-refractivity contribution < 1.29 is 19.1 Å². The lowest BCUT2D eigenvalue weighted by Gasteiger charge is -2.37. The Morgan fingerprint density at radius 1 is 1.03 bits per heavy atom. The molecule has 1 aromatic heterocycles. The number of ether oxygens (including phenoxy) is 2. The Balaban J connectivity index is 1.39. The zero-order valence-electron chi connectivity index (χ0n) is 17.7. The van der Waals surface area contributed by atoms with Crippen molar-refractivity contribution in [2.75, 3.05) is 6.79 Å². The summed E-state index contributed by atoms with van der Waals surface area (Å²) in [6, 6.07) is 9.08. The van der Waals surface area contributed by atoms with Crippen molar-refractivity contribution in [3.63, 3.8) is 0 Å². The van der Waals surface area contributed by atoms with Crippen molar-refractivity contribution in [1.82, 2.24) is 14.8 Å². The van der Waals surface area contributed by atoms with E-state index in [4.69, 9.17) is 9.47 Å². The van der Waals surface area contributed by atoms with Crippen LogP contribution < -0.4 is 14.8 Å². The summed E-state index contributed by atoms with van der Waals surface area (Å²) in [5, 5.41) is 3.27. The van der Waals surface area contributed by atoms with Crippen LogP contribution in [0, 0.1) is 0 Å². The Kier molecular flexibility index (Phi) is 5.57. The molecular weight excluding hydrogens is 394 g/mol. The third kappa shape index (κ3) is 4.13. The lowest BCUT2D eigenvalue weighted by molar-refractivity contribution is -0.144. The molecule has 164 valence electrons. The van der Waals surface area contributed by atoms with Gasteiger partial charge < -0.3 is 24.3 Å². The van der Waals surface area contributed by atoms with Crippen LogP contribution >= 0.6 is 0 Å². The fourth-order valence-corrected chi connectivity index (χ4v) is 4.93. The average Bonchev–Trinajstić information content (AvgIpc) is 3.39. The van der Waals surface area contributed by atoms with Crippen LogP contribution in [0.5, 0.6) is 11.5 Å². The Labute approximate surface area is 182 Å². The highest BCUT2D eigenvalue weighted by Crippen LogP contribution is 2.35. The van der Waals surface area contributed by atoms with Crippen LogP contribution in [0.4, 0.5) is 0 Å². The van der Waals surface area contributed by atoms with E-state index in [1.807, 2.05) is 41.1 Å². The molecule has 2 aromatic rings. The van der Waals surface area contributed by atoms with Gasteiger partial charge in [-0.15, -0.1) is 0 Å². The number of benzene rings is 1. The Hall–Kier alpha value is -2.96. The summed E-state index contributed by atoms with van der Waals surface area (Å²) in [7, 11) is 0. The van der Waals surface area contributed by atoms with Gasteiger partial charge in [0.2, 0.25) is 18.6 Å². The summed E-state index contributed by atoms with van der Waals surface area (Å²) in [5.74, 6) is 1.25. The Morgan fingerprint density at radius 2 is 1.81 bits per heavy atom. The van der Waals surface area contributed by atoms with Crippen molar-refractivity contribution in [2.45, 2.75) is 70.1 Å². The third-order valence-electron chi connectivity index (χ3n) is 6.57. The van der Waals surface area contributed by atoms with Gasteiger partial charge in [0.25, 0.3) is 0 Å². The molecule has 2 amide bonds.